The van der Waals surface area contributed by atoms with Gasteiger partial charge in [-0.2, -0.15) is 0 Å². The highest BCUT2D eigenvalue weighted by Gasteiger charge is 2.31. The Morgan fingerprint density at radius 2 is 2.00 bits per heavy atom. The first-order valence-corrected chi connectivity index (χ1v) is 11.4. The number of aromatic nitrogens is 2. The summed E-state index contributed by atoms with van der Waals surface area (Å²) in [4.78, 5) is 18.3. The molecule has 0 amide bonds. The van der Waals surface area contributed by atoms with Gasteiger partial charge in [-0.05, 0) is 48.1 Å². The molecule has 0 radical (unpaired) electrons. The van der Waals surface area contributed by atoms with Crippen LogP contribution in [0.5, 0.6) is 5.75 Å². The third kappa shape index (κ3) is 3.97. The zero-order chi connectivity index (χ0) is 21.3. The Morgan fingerprint density at radius 1 is 1.20 bits per heavy atom. The highest BCUT2D eigenvalue weighted by atomic mass is 32.2. The number of fused-ring (bicyclic) bond motifs is 1. The summed E-state index contributed by atoms with van der Waals surface area (Å²) in [7, 11) is 1.46. The van der Waals surface area contributed by atoms with E-state index in [0.29, 0.717) is 33.6 Å². The van der Waals surface area contributed by atoms with Crippen molar-refractivity contribution in [2.24, 2.45) is 11.8 Å². The molecule has 158 valence electrons. The van der Waals surface area contributed by atoms with Gasteiger partial charge in [0.05, 0.1) is 18.0 Å². The minimum Gasteiger partial charge on any atom is -0.494 e. The van der Waals surface area contributed by atoms with Gasteiger partial charge in [-0.15, -0.1) is 0 Å². The Kier molecular flexibility index (Phi) is 6.14. The van der Waals surface area contributed by atoms with Crippen LogP contribution >= 0.6 is 11.8 Å². The van der Waals surface area contributed by atoms with Gasteiger partial charge in [0, 0.05) is 11.8 Å². The third-order valence-corrected chi connectivity index (χ3v) is 7.38. The number of ether oxygens (including phenoxy) is 1. The molecule has 3 atom stereocenters. The first kappa shape index (κ1) is 20.9. The summed E-state index contributed by atoms with van der Waals surface area (Å²) in [6.45, 7) is 4.51. The van der Waals surface area contributed by atoms with Crippen LogP contribution in [-0.4, -0.2) is 16.7 Å². The number of benzene rings is 2. The largest absolute Gasteiger partial charge is 0.494 e. The second-order valence-corrected chi connectivity index (χ2v) is 9.12. The summed E-state index contributed by atoms with van der Waals surface area (Å²) < 4.78 is 21.0. The minimum atomic E-state index is -0.380. The Bertz CT molecular complexity index is 1110. The van der Waals surface area contributed by atoms with E-state index in [2.05, 4.69) is 13.8 Å². The summed E-state index contributed by atoms with van der Waals surface area (Å²) in [5.74, 6) is 1.35. The topological polar surface area (TPSA) is 44.1 Å². The quantitative estimate of drug-likeness (QED) is 0.380. The molecule has 4 rings (SSSR count). The average Bonchev–Trinajstić information content (AvgIpc) is 2.75. The molecule has 1 aliphatic carbocycles. The number of para-hydroxylation sites is 1. The van der Waals surface area contributed by atoms with Crippen LogP contribution in [0.4, 0.5) is 4.39 Å². The van der Waals surface area contributed by atoms with Crippen molar-refractivity contribution >= 4 is 22.7 Å². The summed E-state index contributed by atoms with van der Waals surface area (Å²) in [6, 6.07) is 12.6. The molecule has 4 nitrogen and oxygen atoms in total. The lowest BCUT2D eigenvalue weighted by molar-refractivity contribution is 0.173. The number of thioether (sulfide) groups is 1. The van der Waals surface area contributed by atoms with E-state index in [9.17, 15) is 9.18 Å². The number of hydrogen-bond acceptors (Lipinski definition) is 4. The average molecular weight is 427 g/mol. The highest BCUT2D eigenvalue weighted by Crippen LogP contribution is 2.39. The van der Waals surface area contributed by atoms with E-state index in [4.69, 9.17) is 9.72 Å². The maximum Gasteiger partial charge on any atom is 0.262 e. The molecular formula is C24H27FN2O2S. The van der Waals surface area contributed by atoms with Crippen molar-refractivity contribution < 1.29 is 9.13 Å². The van der Waals surface area contributed by atoms with Gasteiger partial charge in [0.15, 0.2) is 16.7 Å². The fourth-order valence-electron chi connectivity index (χ4n) is 4.39. The molecule has 1 saturated carbocycles. The zero-order valence-corrected chi connectivity index (χ0v) is 18.4. The monoisotopic (exact) mass is 426 g/mol. The van der Waals surface area contributed by atoms with Crippen LogP contribution in [0, 0.1) is 17.7 Å². The molecule has 0 unspecified atom stereocenters. The van der Waals surface area contributed by atoms with E-state index in [0.717, 1.165) is 18.4 Å². The van der Waals surface area contributed by atoms with Crippen molar-refractivity contribution in [3.05, 3.63) is 64.2 Å². The van der Waals surface area contributed by atoms with Gasteiger partial charge in [0.2, 0.25) is 0 Å². The normalized spacial score (nSPS) is 21.7. The van der Waals surface area contributed by atoms with Crippen molar-refractivity contribution in [3.8, 4) is 5.75 Å². The van der Waals surface area contributed by atoms with E-state index >= 15 is 0 Å². The Balaban J connectivity index is 1.74. The van der Waals surface area contributed by atoms with Crippen molar-refractivity contribution in [1.82, 2.24) is 9.55 Å². The van der Waals surface area contributed by atoms with E-state index in [-0.39, 0.29) is 23.2 Å². The SMILES string of the molecule is COc1ccc(CSc2nc3ccccc3c(=O)n2[C@@H]2CCC[C@@H](C)[C@H]2C)cc1F. The van der Waals surface area contributed by atoms with Gasteiger partial charge in [-0.25, -0.2) is 9.37 Å². The van der Waals surface area contributed by atoms with Crippen molar-refractivity contribution in [3.63, 3.8) is 0 Å². The lowest BCUT2D eigenvalue weighted by atomic mass is 9.78. The molecule has 30 heavy (non-hydrogen) atoms. The molecule has 1 aromatic heterocycles. The van der Waals surface area contributed by atoms with Gasteiger partial charge in [0.25, 0.3) is 5.56 Å². The number of halogens is 1. The van der Waals surface area contributed by atoms with E-state index < -0.39 is 0 Å². The lowest BCUT2D eigenvalue weighted by Crippen LogP contribution is -2.35. The van der Waals surface area contributed by atoms with Crippen molar-refractivity contribution in [1.29, 1.82) is 0 Å². The Morgan fingerprint density at radius 3 is 2.77 bits per heavy atom. The third-order valence-electron chi connectivity index (χ3n) is 6.36. The number of rotatable bonds is 5. The first-order chi connectivity index (χ1) is 14.5. The molecule has 6 heteroatoms. The minimum absolute atomic E-state index is 0.0231. The number of nitrogens with zero attached hydrogens (tertiary/aromatic N) is 2. The fourth-order valence-corrected chi connectivity index (χ4v) is 5.38. The Hall–Kier alpha value is -2.34. The van der Waals surface area contributed by atoms with Crippen LogP contribution in [0.25, 0.3) is 10.9 Å². The molecule has 0 N–H and O–H groups in total. The van der Waals surface area contributed by atoms with E-state index in [1.165, 1.54) is 31.4 Å². The summed E-state index contributed by atoms with van der Waals surface area (Å²) in [5, 5.41) is 1.36. The predicted molar refractivity (Wildman–Crippen MR) is 120 cm³/mol. The molecule has 0 saturated heterocycles. The highest BCUT2D eigenvalue weighted by molar-refractivity contribution is 7.98. The second-order valence-electron chi connectivity index (χ2n) is 8.18. The number of methoxy groups -OCH3 is 1. The molecule has 0 aliphatic heterocycles. The van der Waals surface area contributed by atoms with Crippen LogP contribution < -0.4 is 10.3 Å². The molecule has 1 heterocycles. The van der Waals surface area contributed by atoms with Crippen LogP contribution in [0.2, 0.25) is 0 Å². The standard InChI is InChI=1S/C24H27FN2O2S/c1-15-7-6-10-21(16(15)2)27-23(28)18-8-4-5-9-20(18)26-24(27)30-14-17-11-12-22(29-3)19(25)13-17/h4-5,8-9,11-13,15-16,21H,6-7,10,14H2,1-3H3/t15-,16-,21-/m1/s1. The van der Waals surface area contributed by atoms with Gasteiger partial charge in [-0.3, -0.25) is 9.36 Å². The maximum absolute atomic E-state index is 14.1. The smallest absolute Gasteiger partial charge is 0.262 e. The van der Waals surface area contributed by atoms with Gasteiger partial charge >= 0.3 is 0 Å². The van der Waals surface area contributed by atoms with Gasteiger partial charge < -0.3 is 4.74 Å². The second kappa shape index (κ2) is 8.80. The van der Waals surface area contributed by atoms with E-state index in [1.807, 2.05) is 34.9 Å². The molecule has 2 aromatic carbocycles. The molecule has 1 fully saturated rings. The van der Waals surface area contributed by atoms with Crippen LogP contribution in [0.15, 0.2) is 52.4 Å². The maximum atomic E-state index is 14.1. The van der Waals surface area contributed by atoms with Crippen molar-refractivity contribution in [2.75, 3.05) is 7.11 Å². The first-order valence-electron chi connectivity index (χ1n) is 10.5. The fraction of sp³-hybridized carbons (Fsp3) is 0.417. The molecule has 0 bridgehead atoms. The van der Waals surface area contributed by atoms with Crippen LogP contribution in [0.1, 0.15) is 44.7 Å². The lowest BCUT2D eigenvalue weighted by Gasteiger charge is -2.36. The van der Waals surface area contributed by atoms with E-state index in [1.54, 1.807) is 6.07 Å². The molecular weight excluding hydrogens is 399 g/mol. The van der Waals surface area contributed by atoms with Crippen LogP contribution in [-0.2, 0) is 5.75 Å². The summed E-state index contributed by atoms with van der Waals surface area (Å²) >= 11 is 1.49. The van der Waals surface area contributed by atoms with Gasteiger partial charge in [-0.1, -0.05) is 56.7 Å². The van der Waals surface area contributed by atoms with Crippen molar-refractivity contribution in [2.45, 2.75) is 50.1 Å². The molecule has 1 aliphatic rings. The summed E-state index contributed by atoms with van der Waals surface area (Å²) in [5.41, 5.74) is 1.56. The predicted octanol–water partition coefficient (Wildman–Crippen LogP) is 5.83. The zero-order valence-electron chi connectivity index (χ0n) is 17.6. The number of hydrogen-bond donors (Lipinski definition) is 0. The summed E-state index contributed by atoms with van der Waals surface area (Å²) in [6.07, 6.45) is 3.29. The van der Waals surface area contributed by atoms with Crippen LogP contribution in [0.3, 0.4) is 0 Å². The van der Waals surface area contributed by atoms with Gasteiger partial charge in [0.1, 0.15) is 0 Å². The molecule has 3 aromatic rings. The molecule has 0 spiro atoms. The Labute approximate surface area is 180 Å².